The molecule has 0 bridgehead atoms. The molecule has 2 aromatic carbocycles. The number of rotatable bonds is 7. The number of carbonyl (C=O) groups is 1. The molecule has 1 N–H and O–H groups in total. The molecule has 0 saturated carbocycles. The maximum atomic E-state index is 13.4. The second kappa shape index (κ2) is 9.04. The van der Waals surface area contributed by atoms with Crippen LogP contribution in [0.1, 0.15) is 21.5 Å². The number of hydrogen-bond donors (Lipinski definition) is 1. The van der Waals surface area contributed by atoms with E-state index in [4.69, 9.17) is 9.47 Å². The fourth-order valence-corrected chi connectivity index (χ4v) is 2.86. The number of methoxy groups -OCH3 is 2. The van der Waals surface area contributed by atoms with Gasteiger partial charge in [0.15, 0.2) is 17.3 Å². The third kappa shape index (κ3) is 4.54. The Balaban J connectivity index is 1.76. The quantitative estimate of drug-likeness (QED) is 0.478. The van der Waals surface area contributed by atoms with Gasteiger partial charge in [-0.2, -0.15) is 4.39 Å². The molecule has 7 nitrogen and oxygen atoms in total. The van der Waals surface area contributed by atoms with E-state index in [0.717, 1.165) is 21.9 Å². The first kappa shape index (κ1) is 20.8. The van der Waals surface area contributed by atoms with E-state index < -0.39 is 22.8 Å². The first-order chi connectivity index (χ1) is 14.4. The molecule has 3 rings (SSSR count). The van der Waals surface area contributed by atoms with Crippen LogP contribution in [-0.4, -0.2) is 29.6 Å². The summed E-state index contributed by atoms with van der Waals surface area (Å²) in [7, 11) is 3.13. The summed E-state index contributed by atoms with van der Waals surface area (Å²) in [6.07, 6.45) is 4.44. The summed E-state index contributed by atoms with van der Waals surface area (Å²) in [5.74, 6) is -0.291. The van der Waals surface area contributed by atoms with Gasteiger partial charge in [0.25, 0.3) is 5.56 Å². The Bertz CT molecular complexity index is 1210. The second-order valence-electron chi connectivity index (χ2n) is 6.33. The fraction of sp³-hybridized carbons (Fsp3) is 0.136. The molecule has 0 unspecified atom stereocenters. The van der Waals surface area contributed by atoms with Crippen LogP contribution in [0.3, 0.4) is 0 Å². The highest BCUT2D eigenvalue weighted by atomic mass is 19.1. The van der Waals surface area contributed by atoms with E-state index in [0.29, 0.717) is 17.1 Å². The van der Waals surface area contributed by atoms with Gasteiger partial charge in [-0.25, -0.2) is 4.79 Å². The van der Waals surface area contributed by atoms with E-state index in [1.165, 1.54) is 0 Å². The molecule has 0 fully saturated rings. The fourth-order valence-electron chi connectivity index (χ4n) is 2.86. The molecule has 30 heavy (non-hydrogen) atoms. The predicted octanol–water partition coefficient (Wildman–Crippen LogP) is 2.75. The number of nitrogens with one attached hydrogen (secondary N) is 1. The Hall–Kier alpha value is -3.94. The van der Waals surface area contributed by atoms with E-state index in [9.17, 15) is 18.8 Å². The summed E-state index contributed by atoms with van der Waals surface area (Å²) in [6, 6.07) is 12.2. The molecular formula is C22H19FN2O5. The molecule has 0 aliphatic rings. The Kier molecular flexibility index (Phi) is 6.26. The van der Waals surface area contributed by atoms with Gasteiger partial charge in [0, 0.05) is 11.1 Å². The monoisotopic (exact) mass is 410 g/mol. The van der Waals surface area contributed by atoms with Crippen LogP contribution in [-0.2, 0) is 6.54 Å². The molecular weight excluding hydrogens is 391 g/mol. The highest BCUT2D eigenvalue weighted by molar-refractivity contribution is 5.96. The van der Waals surface area contributed by atoms with Crippen molar-refractivity contribution in [2.45, 2.75) is 6.54 Å². The lowest BCUT2D eigenvalue weighted by molar-refractivity contribution is 0.0970. The Labute approximate surface area is 171 Å². The topological polar surface area (TPSA) is 90.4 Å². The number of Topliss-reactive ketones (excluding diaryl/α,β-unsaturated/α-hetero) is 1. The number of aromatic amines is 1. The zero-order valence-corrected chi connectivity index (χ0v) is 16.3. The van der Waals surface area contributed by atoms with Crippen molar-refractivity contribution in [3.8, 4) is 11.5 Å². The maximum absolute atomic E-state index is 13.4. The van der Waals surface area contributed by atoms with Crippen LogP contribution in [0.4, 0.5) is 4.39 Å². The number of H-pyrrole nitrogens is 1. The molecule has 0 aliphatic heterocycles. The van der Waals surface area contributed by atoms with E-state index in [1.807, 2.05) is 29.3 Å². The number of para-hydroxylation sites is 1. The zero-order valence-electron chi connectivity index (χ0n) is 16.3. The van der Waals surface area contributed by atoms with Crippen LogP contribution in [0.2, 0.25) is 0 Å². The third-order valence-corrected chi connectivity index (χ3v) is 4.40. The summed E-state index contributed by atoms with van der Waals surface area (Å²) < 4.78 is 24.8. The number of ether oxygens (including phenoxy) is 2. The summed E-state index contributed by atoms with van der Waals surface area (Å²) in [4.78, 5) is 37.0. The Morgan fingerprint density at radius 3 is 2.47 bits per heavy atom. The molecule has 0 spiro atoms. The van der Waals surface area contributed by atoms with Gasteiger partial charge >= 0.3 is 5.69 Å². The van der Waals surface area contributed by atoms with E-state index in [1.54, 1.807) is 44.6 Å². The summed E-state index contributed by atoms with van der Waals surface area (Å²) >= 11 is 0. The minimum atomic E-state index is -1.13. The van der Waals surface area contributed by atoms with Gasteiger partial charge in [0.1, 0.15) is 0 Å². The van der Waals surface area contributed by atoms with E-state index in [-0.39, 0.29) is 6.54 Å². The normalized spacial score (nSPS) is 10.9. The van der Waals surface area contributed by atoms with Crippen LogP contribution in [0.5, 0.6) is 11.5 Å². The highest BCUT2D eigenvalue weighted by Gasteiger charge is 2.11. The summed E-state index contributed by atoms with van der Waals surface area (Å²) in [5, 5.41) is 0. The van der Waals surface area contributed by atoms with E-state index >= 15 is 0 Å². The van der Waals surface area contributed by atoms with Crippen molar-refractivity contribution in [1.29, 1.82) is 0 Å². The Morgan fingerprint density at radius 1 is 1.07 bits per heavy atom. The van der Waals surface area contributed by atoms with Gasteiger partial charge in [0.05, 0.1) is 27.0 Å². The minimum absolute atomic E-state index is 0.351. The van der Waals surface area contributed by atoms with Crippen LogP contribution in [0.25, 0.3) is 12.2 Å². The van der Waals surface area contributed by atoms with Crippen molar-refractivity contribution in [2.75, 3.05) is 14.2 Å². The van der Waals surface area contributed by atoms with Crippen molar-refractivity contribution in [1.82, 2.24) is 9.55 Å². The number of ketones is 1. The molecule has 0 aliphatic carbocycles. The molecule has 154 valence electrons. The molecule has 0 radical (unpaired) electrons. The van der Waals surface area contributed by atoms with Gasteiger partial charge in [-0.1, -0.05) is 48.6 Å². The number of halogens is 1. The average molecular weight is 410 g/mol. The van der Waals surface area contributed by atoms with Crippen LogP contribution >= 0.6 is 0 Å². The van der Waals surface area contributed by atoms with Crippen LogP contribution in [0.15, 0.2) is 58.3 Å². The summed E-state index contributed by atoms with van der Waals surface area (Å²) in [5.41, 5.74) is 0.0545. The van der Waals surface area contributed by atoms with Crippen molar-refractivity contribution in [3.63, 3.8) is 0 Å². The molecule has 1 heterocycles. The van der Waals surface area contributed by atoms with Gasteiger partial charge in [0.2, 0.25) is 5.82 Å². The molecule has 0 saturated heterocycles. The van der Waals surface area contributed by atoms with Gasteiger partial charge in [-0.05, 0) is 11.6 Å². The SMILES string of the molecule is COc1cccc(/C=C/c2ccc(C(=O)Cn3cc(F)c(=O)[nH]c3=O)cc2)c1OC. The van der Waals surface area contributed by atoms with Crippen LogP contribution < -0.4 is 20.7 Å². The number of hydrogen-bond acceptors (Lipinski definition) is 5. The number of carbonyl (C=O) groups excluding carboxylic acids is 1. The summed E-state index contributed by atoms with van der Waals surface area (Å²) in [6.45, 7) is -0.386. The zero-order chi connectivity index (χ0) is 21.7. The van der Waals surface area contributed by atoms with Crippen molar-refractivity contribution in [2.24, 2.45) is 0 Å². The first-order valence-corrected chi connectivity index (χ1v) is 8.94. The molecule has 0 atom stereocenters. The predicted molar refractivity (Wildman–Crippen MR) is 111 cm³/mol. The number of aromatic nitrogens is 2. The lowest BCUT2D eigenvalue weighted by Crippen LogP contribution is -2.33. The highest BCUT2D eigenvalue weighted by Crippen LogP contribution is 2.31. The largest absolute Gasteiger partial charge is 0.493 e. The third-order valence-electron chi connectivity index (χ3n) is 4.40. The van der Waals surface area contributed by atoms with Crippen molar-refractivity contribution < 1.29 is 18.7 Å². The number of nitrogens with zero attached hydrogens (tertiary/aromatic N) is 1. The molecule has 0 amide bonds. The average Bonchev–Trinajstić information content (AvgIpc) is 2.75. The van der Waals surface area contributed by atoms with Gasteiger partial charge < -0.3 is 9.47 Å². The van der Waals surface area contributed by atoms with Gasteiger partial charge in [-0.3, -0.25) is 19.1 Å². The van der Waals surface area contributed by atoms with Crippen molar-refractivity contribution >= 4 is 17.9 Å². The Morgan fingerprint density at radius 2 is 1.80 bits per heavy atom. The first-order valence-electron chi connectivity index (χ1n) is 8.94. The molecule has 8 heteroatoms. The van der Waals surface area contributed by atoms with Crippen LogP contribution in [0, 0.1) is 5.82 Å². The lowest BCUT2D eigenvalue weighted by Gasteiger charge is -2.09. The molecule has 1 aromatic heterocycles. The number of benzene rings is 2. The molecule has 3 aromatic rings. The minimum Gasteiger partial charge on any atom is -0.493 e. The van der Waals surface area contributed by atoms with Gasteiger partial charge in [-0.15, -0.1) is 0 Å². The standard InChI is InChI=1S/C22H19FN2O5/c1-29-19-5-3-4-16(20(19)30-2)11-8-14-6-9-15(10-7-14)18(26)13-25-12-17(23)21(27)24-22(25)28/h3-12H,13H2,1-2H3,(H,24,27,28)/b11-8+. The van der Waals surface area contributed by atoms with Crippen molar-refractivity contribution in [3.05, 3.63) is 92.0 Å². The maximum Gasteiger partial charge on any atom is 0.328 e. The smallest absolute Gasteiger partial charge is 0.328 e. The second-order valence-corrected chi connectivity index (χ2v) is 6.33. The lowest BCUT2D eigenvalue weighted by atomic mass is 10.1. The van der Waals surface area contributed by atoms with E-state index in [2.05, 4.69) is 0 Å².